The lowest BCUT2D eigenvalue weighted by Crippen LogP contribution is -2.18. The van der Waals surface area contributed by atoms with Crippen LogP contribution < -0.4 is 0 Å². The molecule has 2 rings (SSSR count). The minimum absolute atomic E-state index is 0.168. The van der Waals surface area contributed by atoms with E-state index in [4.69, 9.17) is 5.11 Å². The Balaban J connectivity index is 2.45. The van der Waals surface area contributed by atoms with E-state index >= 15 is 0 Å². The van der Waals surface area contributed by atoms with E-state index in [0.717, 1.165) is 0 Å². The molecule has 5 nitrogen and oxygen atoms in total. The van der Waals surface area contributed by atoms with Crippen molar-refractivity contribution in [2.45, 2.75) is 12.7 Å². The summed E-state index contributed by atoms with van der Waals surface area (Å²) in [6, 6.07) is 1.63. The molecule has 0 amide bonds. The average molecular weight is 277 g/mol. The third-order valence-electron chi connectivity index (χ3n) is 2.12. The van der Waals surface area contributed by atoms with Crippen molar-refractivity contribution in [3.05, 3.63) is 33.8 Å². The monoisotopic (exact) mass is 277 g/mol. The zero-order valence-corrected chi connectivity index (χ0v) is 9.49. The molecule has 0 atom stereocenters. The van der Waals surface area contributed by atoms with Crippen molar-refractivity contribution in [1.82, 2.24) is 15.0 Å². The van der Waals surface area contributed by atoms with Gasteiger partial charge in [-0.2, -0.15) is 24.5 Å². The molecule has 1 N–H and O–H groups in total. The predicted molar refractivity (Wildman–Crippen MR) is 55.4 cm³/mol. The standard InChI is InChI=1S/C9H6F3N3O2S/c10-9(11,12)7-6(8(16)17)13-14-15(7)3-5-1-2-18-4-5/h1-2,4H,3H2,(H,16,17). The number of nitrogens with zero attached hydrogens (tertiary/aromatic N) is 3. The van der Waals surface area contributed by atoms with Crippen LogP contribution in [0.4, 0.5) is 13.2 Å². The maximum atomic E-state index is 12.8. The van der Waals surface area contributed by atoms with Crippen LogP contribution in [0.15, 0.2) is 16.8 Å². The zero-order valence-electron chi connectivity index (χ0n) is 8.68. The third-order valence-corrected chi connectivity index (χ3v) is 2.85. The van der Waals surface area contributed by atoms with Crippen LogP contribution in [-0.2, 0) is 12.7 Å². The van der Waals surface area contributed by atoms with E-state index in [1.807, 2.05) is 0 Å². The van der Waals surface area contributed by atoms with Gasteiger partial charge in [-0.3, -0.25) is 0 Å². The van der Waals surface area contributed by atoms with Crippen LogP contribution in [0.3, 0.4) is 0 Å². The zero-order chi connectivity index (χ0) is 13.3. The first-order valence-electron chi connectivity index (χ1n) is 4.64. The Morgan fingerprint density at radius 2 is 2.22 bits per heavy atom. The van der Waals surface area contributed by atoms with Gasteiger partial charge < -0.3 is 5.11 Å². The van der Waals surface area contributed by atoms with Crippen molar-refractivity contribution in [1.29, 1.82) is 0 Å². The summed E-state index contributed by atoms with van der Waals surface area (Å²) < 4.78 is 38.9. The predicted octanol–water partition coefficient (Wildman–Crippen LogP) is 2.10. The van der Waals surface area contributed by atoms with Crippen LogP contribution >= 0.6 is 11.3 Å². The summed E-state index contributed by atoms with van der Waals surface area (Å²) in [4.78, 5) is 10.7. The number of aromatic carboxylic acids is 1. The Kier molecular flexibility index (Phi) is 3.07. The van der Waals surface area contributed by atoms with Gasteiger partial charge in [-0.25, -0.2) is 9.48 Å². The molecule has 0 radical (unpaired) electrons. The van der Waals surface area contributed by atoms with Gasteiger partial charge in [-0.1, -0.05) is 5.21 Å². The van der Waals surface area contributed by atoms with Crippen LogP contribution in [0, 0.1) is 0 Å². The normalized spacial score (nSPS) is 11.7. The first kappa shape index (κ1) is 12.6. The molecular weight excluding hydrogens is 271 g/mol. The molecule has 0 fully saturated rings. The smallest absolute Gasteiger partial charge is 0.435 e. The molecule has 0 bridgehead atoms. The lowest BCUT2D eigenvalue weighted by molar-refractivity contribution is -0.144. The number of carboxylic acids is 1. The van der Waals surface area contributed by atoms with Crippen LogP contribution in [-0.4, -0.2) is 26.1 Å². The van der Waals surface area contributed by atoms with Crippen LogP contribution in [0.25, 0.3) is 0 Å². The topological polar surface area (TPSA) is 68.0 Å². The molecule has 18 heavy (non-hydrogen) atoms. The van der Waals surface area contributed by atoms with Crippen LogP contribution in [0.1, 0.15) is 21.7 Å². The number of aromatic nitrogens is 3. The van der Waals surface area contributed by atoms with E-state index in [1.54, 1.807) is 16.8 Å². The van der Waals surface area contributed by atoms with Crippen molar-refractivity contribution < 1.29 is 23.1 Å². The number of rotatable bonds is 3. The fraction of sp³-hybridized carbons (Fsp3) is 0.222. The van der Waals surface area contributed by atoms with E-state index < -0.39 is 23.5 Å². The largest absolute Gasteiger partial charge is 0.476 e. The second-order valence-corrected chi connectivity index (χ2v) is 4.16. The Hall–Kier alpha value is -1.90. The molecule has 9 heteroatoms. The summed E-state index contributed by atoms with van der Waals surface area (Å²) in [5.41, 5.74) is -1.83. The van der Waals surface area contributed by atoms with Crippen molar-refractivity contribution >= 4 is 17.3 Å². The quantitative estimate of drug-likeness (QED) is 0.933. The highest BCUT2D eigenvalue weighted by atomic mass is 32.1. The Bertz CT molecular complexity index is 562. The summed E-state index contributed by atoms with van der Waals surface area (Å²) in [6.45, 7) is -0.168. The van der Waals surface area contributed by atoms with Crippen molar-refractivity contribution in [3.8, 4) is 0 Å². The Labute approximate surface area is 102 Å². The Morgan fingerprint density at radius 3 is 2.72 bits per heavy atom. The molecule has 0 aliphatic rings. The van der Waals surface area contributed by atoms with E-state index in [-0.39, 0.29) is 6.54 Å². The average Bonchev–Trinajstić information content (AvgIpc) is 2.85. The second-order valence-electron chi connectivity index (χ2n) is 3.38. The van der Waals surface area contributed by atoms with Crippen molar-refractivity contribution in [2.75, 3.05) is 0 Å². The van der Waals surface area contributed by atoms with E-state index in [1.165, 1.54) is 11.3 Å². The highest BCUT2D eigenvalue weighted by Gasteiger charge is 2.41. The summed E-state index contributed by atoms with van der Waals surface area (Å²) in [5.74, 6) is -1.75. The molecule has 0 unspecified atom stereocenters. The molecule has 0 aromatic carbocycles. The van der Waals surface area contributed by atoms with Gasteiger partial charge in [0, 0.05) is 0 Å². The molecule has 0 saturated heterocycles. The third kappa shape index (κ3) is 2.35. The molecule has 0 spiro atoms. The van der Waals surface area contributed by atoms with Gasteiger partial charge in [-0.05, 0) is 22.4 Å². The fourth-order valence-corrected chi connectivity index (χ4v) is 2.06. The molecule has 0 aliphatic carbocycles. The lowest BCUT2D eigenvalue weighted by Gasteiger charge is -2.09. The first-order valence-corrected chi connectivity index (χ1v) is 5.59. The van der Waals surface area contributed by atoms with Crippen LogP contribution in [0.5, 0.6) is 0 Å². The van der Waals surface area contributed by atoms with Gasteiger partial charge >= 0.3 is 12.1 Å². The maximum Gasteiger partial charge on any atom is 0.435 e. The van der Waals surface area contributed by atoms with Gasteiger partial charge in [0.05, 0.1) is 6.54 Å². The number of thiophene rings is 1. The minimum atomic E-state index is -4.81. The van der Waals surface area contributed by atoms with Gasteiger partial charge in [0.2, 0.25) is 5.69 Å². The number of carbonyl (C=O) groups is 1. The molecule has 0 saturated carbocycles. The van der Waals surface area contributed by atoms with Crippen molar-refractivity contribution in [3.63, 3.8) is 0 Å². The SMILES string of the molecule is O=C(O)c1nnn(Cc2ccsc2)c1C(F)(F)F. The van der Waals surface area contributed by atoms with Gasteiger partial charge in [0.1, 0.15) is 0 Å². The molecular formula is C9H6F3N3O2S. The summed E-state index contributed by atoms with van der Waals surface area (Å²) in [5, 5.41) is 18.3. The van der Waals surface area contributed by atoms with E-state index in [0.29, 0.717) is 10.2 Å². The number of hydrogen-bond donors (Lipinski definition) is 1. The Morgan fingerprint density at radius 1 is 1.50 bits per heavy atom. The number of hydrogen-bond acceptors (Lipinski definition) is 4. The van der Waals surface area contributed by atoms with Crippen molar-refractivity contribution in [2.24, 2.45) is 0 Å². The maximum absolute atomic E-state index is 12.8. The van der Waals surface area contributed by atoms with Gasteiger partial charge in [0.25, 0.3) is 0 Å². The highest BCUT2D eigenvalue weighted by molar-refractivity contribution is 7.07. The number of alkyl halides is 3. The highest BCUT2D eigenvalue weighted by Crippen LogP contribution is 2.31. The summed E-state index contributed by atoms with van der Waals surface area (Å²) in [7, 11) is 0. The van der Waals surface area contributed by atoms with Crippen LogP contribution in [0.2, 0.25) is 0 Å². The number of carboxylic acid groups (broad SMARTS) is 1. The molecule has 0 aliphatic heterocycles. The lowest BCUT2D eigenvalue weighted by atomic mass is 10.3. The van der Waals surface area contributed by atoms with E-state index in [2.05, 4.69) is 10.3 Å². The van der Waals surface area contributed by atoms with Gasteiger partial charge in [-0.15, -0.1) is 5.10 Å². The molecule has 2 aromatic heterocycles. The second kappa shape index (κ2) is 4.41. The van der Waals surface area contributed by atoms with E-state index in [9.17, 15) is 18.0 Å². The first-order chi connectivity index (χ1) is 8.39. The molecule has 2 aromatic rings. The molecule has 2 heterocycles. The minimum Gasteiger partial charge on any atom is -0.476 e. The molecule has 96 valence electrons. The fourth-order valence-electron chi connectivity index (χ4n) is 1.40. The summed E-state index contributed by atoms with van der Waals surface area (Å²) >= 11 is 1.33. The summed E-state index contributed by atoms with van der Waals surface area (Å²) in [6.07, 6.45) is -4.81. The number of halogens is 3. The van der Waals surface area contributed by atoms with Gasteiger partial charge in [0.15, 0.2) is 5.69 Å².